The van der Waals surface area contributed by atoms with Gasteiger partial charge in [0.15, 0.2) is 5.69 Å². The molecule has 30 heavy (non-hydrogen) atoms. The molecular formula is C20H24N4O5S. The average molecular weight is 433 g/mol. The third-order valence-electron chi connectivity index (χ3n) is 5.37. The molecule has 0 unspecified atom stereocenters. The largest absolute Gasteiger partial charge is 0.476 e. The van der Waals surface area contributed by atoms with Gasteiger partial charge in [-0.1, -0.05) is 12.1 Å². The molecule has 1 fully saturated rings. The van der Waals surface area contributed by atoms with Crippen molar-refractivity contribution in [2.45, 2.75) is 43.5 Å². The highest BCUT2D eigenvalue weighted by Gasteiger charge is 2.32. The van der Waals surface area contributed by atoms with Crippen LogP contribution < -0.4 is 4.72 Å². The number of nitrogens with zero attached hydrogens (tertiary/aromatic N) is 3. The minimum atomic E-state index is -3.90. The van der Waals surface area contributed by atoms with Crippen LogP contribution in [0.2, 0.25) is 0 Å². The fraction of sp³-hybridized carbons (Fsp3) is 0.450. The number of aryl methyl sites for hydroxylation is 1. The summed E-state index contributed by atoms with van der Waals surface area (Å²) < 4.78 is 34.7. The van der Waals surface area contributed by atoms with Crippen LogP contribution in [0.25, 0.3) is 0 Å². The van der Waals surface area contributed by atoms with Crippen molar-refractivity contribution in [3.63, 3.8) is 0 Å². The van der Waals surface area contributed by atoms with E-state index >= 15 is 0 Å². The Morgan fingerprint density at radius 3 is 2.47 bits per heavy atom. The number of aromatic carboxylic acids is 1. The Morgan fingerprint density at radius 1 is 1.30 bits per heavy atom. The van der Waals surface area contributed by atoms with E-state index in [4.69, 9.17) is 10.00 Å². The highest BCUT2D eigenvalue weighted by atomic mass is 32.2. The van der Waals surface area contributed by atoms with Crippen LogP contribution >= 0.6 is 0 Å². The second-order valence-corrected chi connectivity index (χ2v) is 9.14. The van der Waals surface area contributed by atoms with Crippen LogP contribution in [-0.2, 0) is 27.6 Å². The molecule has 0 bridgehead atoms. The number of carboxylic acids is 1. The Labute approximate surface area is 175 Å². The number of anilines is 1. The van der Waals surface area contributed by atoms with Gasteiger partial charge in [-0.3, -0.25) is 9.40 Å². The summed E-state index contributed by atoms with van der Waals surface area (Å²) in [6.07, 6.45) is 3.23. The summed E-state index contributed by atoms with van der Waals surface area (Å²) in [7, 11) is -0.745. The number of carboxylic acid groups (broad SMARTS) is 1. The molecule has 1 aliphatic rings. The van der Waals surface area contributed by atoms with Crippen LogP contribution in [-0.4, -0.2) is 42.5 Å². The van der Waals surface area contributed by atoms with Crippen molar-refractivity contribution in [3.8, 4) is 6.07 Å². The third kappa shape index (κ3) is 4.80. The van der Waals surface area contributed by atoms with E-state index in [2.05, 4.69) is 9.82 Å². The highest BCUT2D eigenvalue weighted by molar-refractivity contribution is 7.91. The van der Waals surface area contributed by atoms with E-state index in [1.54, 1.807) is 19.2 Å². The smallest absolute Gasteiger partial charge is 0.356 e. The molecule has 10 heteroatoms. The van der Waals surface area contributed by atoms with Crippen molar-refractivity contribution in [1.82, 2.24) is 9.78 Å². The second-order valence-electron chi connectivity index (χ2n) is 7.42. The summed E-state index contributed by atoms with van der Waals surface area (Å²) in [6.45, 7) is 0. The molecule has 0 aliphatic heterocycles. The topological polar surface area (TPSA) is 134 Å². The quantitative estimate of drug-likeness (QED) is 0.687. The van der Waals surface area contributed by atoms with Crippen LogP contribution in [0.15, 0.2) is 24.3 Å². The maximum atomic E-state index is 12.8. The summed E-state index contributed by atoms with van der Waals surface area (Å²) in [6, 6.07) is 8.18. The van der Waals surface area contributed by atoms with Gasteiger partial charge < -0.3 is 9.84 Å². The lowest BCUT2D eigenvalue weighted by Gasteiger charge is -2.27. The number of aromatic nitrogens is 2. The molecule has 0 amide bonds. The van der Waals surface area contributed by atoms with Crippen molar-refractivity contribution >= 4 is 21.7 Å². The zero-order chi connectivity index (χ0) is 21.9. The van der Waals surface area contributed by atoms with Gasteiger partial charge in [-0.25, -0.2) is 13.2 Å². The molecule has 2 N–H and O–H groups in total. The van der Waals surface area contributed by atoms with Crippen LogP contribution in [0, 0.1) is 11.3 Å². The number of carbonyl (C=O) groups is 1. The monoisotopic (exact) mass is 432 g/mol. The van der Waals surface area contributed by atoms with Crippen molar-refractivity contribution in [2.24, 2.45) is 7.05 Å². The predicted octanol–water partition coefficient (Wildman–Crippen LogP) is 2.60. The van der Waals surface area contributed by atoms with Crippen molar-refractivity contribution in [2.75, 3.05) is 11.8 Å². The first-order valence-corrected chi connectivity index (χ1v) is 11.2. The average Bonchev–Trinajstić information content (AvgIpc) is 3.03. The lowest BCUT2D eigenvalue weighted by atomic mass is 9.84. The molecule has 1 aromatic carbocycles. The third-order valence-corrected chi connectivity index (χ3v) is 6.60. The number of nitrogens with one attached hydrogen (secondary N) is 1. The normalized spacial score (nSPS) is 19.2. The summed E-state index contributed by atoms with van der Waals surface area (Å²) in [5.74, 6) is -1.65. The Balaban J connectivity index is 1.89. The number of hydrogen-bond acceptors (Lipinski definition) is 6. The molecule has 1 aromatic heterocycles. The SMILES string of the molecule is CO[C@H]1CC[C@@H](c2nn(C)c(C(=O)O)c2NS(=O)(=O)Cc2ccc(C#N)cc2)CC1. The Bertz CT molecular complexity index is 1060. The first kappa shape index (κ1) is 21.8. The summed E-state index contributed by atoms with van der Waals surface area (Å²) >= 11 is 0. The molecule has 1 heterocycles. The Kier molecular flexibility index (Phi) is 6.43. The van der Waals surface area contributed by atoms with E-state index < -0.39 is 16.0 Å². The van der Waals surface area contributed by atoms with Crippen LogP contribution in [0.1, 0.15) is 58.9 Å². The standard InChI is InChI=1S/C20H24N4O5S/c1-24-19(20(25)26)18(17(22-24)15-7-9-16(29-2)10-8-15)23-30(27,28)12-14-5-3-13(11-21)4-6-14/h3-6,15-16,23H,7-10,12H2,1-2H3,(H,25,26)/t15-,16+. The van der Waals surface area contributed by atoms with Crippen LogP contribution in [0.3, 0.4) is 0 Å². The summed E-state index contributed by atoms with van der Waals surface area (Å²) in [5, 5.41) is 22.9. The molecule has 1 saturated carbocycles. The van der Waals surface area contributed by atoms with Crippen molar-refractivity contribution in [3.05, 3.63) is 46.8 Å². The molecule has 0 spiro atoms. The Morgan fingerprint density at radius 2 is 1.93 bits per heavy atom. The van der Waals surface area contributed by atoms with E-state index in [1.807, 2.05) is 6.07 Å². The van der Waals surface area contributed by atoms with Crippen LogP contribution in [0.4, 0.5) is 5.69 Å². The van der Waals surface area contributed by atoms with Crippen molar-refractivity contribution in [1.29, 1.82) is 5.26 Å². The van der Waals surface area contributed by atoms with Crippen molar-refractivity contribution < 1.29 is 23.1 Å². The van der Waals surface area contributed by atoms with Gasteiger partial charge in [-0.15, -0.1) is 0 Å². The first-order valence-electron chi connectivity index (χ1n) is 9.56. The zero-order valence-electron chi connectivity index (χ0n) is 16.8. The minimum Gasteiger partial charge on any atom is -0.476 e. The number of nitriles is 1. The summed E-state index contributed by atoms with van der Waals surface area (Å²) in [4.78, 5) is 11.8. The molecule has 0 saturated heterocycles. The lowest BCUT2D eigenvalue weighted by Crippen LogP contribution is -2.22. The first-order chi connectivity index (χ1) is 14.2. The van der Waals surface area contributed by atoms with E-state index in [1.165, 1.54) is 23.9 Å². The number of hydrogen-bond donors (Lipinski definition) is 2. The minimum absolute atomic E-state index is 0.0273. The van der Waals surface area contributed by atoms with Gasteiger partial charge in [0, 0.05) is 20.1 Å². The number of ether oxygens (including phenoxy) is 1. The predicted molar refractivity (Wildman–Crippen MR) is 110 cm³/mol. The molecule has 9 nitrogen and oxygen atoms in total. The molecule has 160 valence electrons. The molecule has 0 radical (unpaired) electrons. The maximum absolute atomic E-state index is 12.8. The van der Waals surface area contributed by atoms with E-state index in [0.717, 1.165) is 25.7 Å². The van der Waals surface area contributed by atoms with Gasteiger partial charge in [0.05, 0.1) is 29.2 Å². The maximum Gasteiger partial charge on any atom is 0.356 e. The number of methoxy groups -OCH3 is 1. The molecule has 0 atom stereocenters. The lowest BCUT2D eigenvalue weighted by molar-refractivity contribution is 0.0655. The molecule has 2 aromatic rings. The second kappa shape index (κ2) is 8.85. The Hall–Kier alpha value is -2.90. The van der Waals surface area contributed by atoms with Gasteiger partial charge in [-0.2, -0.15) is 10.4 Å². The number of benzene rings is 1. The van der Waals surface area contributed by atoms with Gasteiger partial charge in [0.1, 0.15) is 5.69 Å². The van der Waals surface area contributed by atoms with Gasteiger partial charge >= 0.3 is 5.97 Å². The molecule has 1 aliphatic carbocycles. The van der Waals surface area contributed by atoms with E-state index in [9.17, 15) is 18.3 Å². The number of sulfonamides is 1. The molecular weight excluding hydrogens is 408 g/mol. The van der Waals surface area contributed by atoms with Gasteiger partial charge in [0.2, 0.25) is 10.0 Å². The fourth-order valence-corrected chi connectivity index (χ4v) is 5.05. The van der Waals surface area contributed by atoms with Gasteiger partial charge in [-0.05, 0) is 43.4 Å². The summed E-state index contributed by atoms with van der Waals surface area (Å²) in [5.41, 5.74) is 1.21. The molecule has 3 rings (SSSR count). The highest BCUT2D eigenvalue weighted by Crippen LogP contribution is 2.38. The van der Waals surface area contributed by atoms with E-state index in [0.29, 0.717) is 16.8 Å². The fourth-order valence-electron chi connectivity index (χ4n) is 3.83. The van der Waals surface area contributed by atoms with Crippen LogP contribution in [0.5, 0.6) is 0 Å². The van der Waals surface area contributed by atoms with E-state index in [-0.39, 0.29) is 29.2 Å². The number of rotatable bonds is 7. The zero-order valence-corrected chi connectivity index (χ0v) is 17.6. The van der Waals surface area contributed by atoms with Gasteiger partial charge in [0.25, 0.3) is 0 Å².